The molecule has 0 fully saturated rings. The van der Waals surface area contributed by atoms with E-state index < -0.39 is 0 Å². The van der Waals surface area contributed by atoms with E-state index in [0.29, 0.717) is 12.6 Å². The van der Waals surface area contributed by atoms with Crippen LogP contribution in [0.3, 0.4) is 0 Å². The van der Waals surface area contributed by atoms with Crippen LogP contribution in [-0.4, -0.2) is 15.2 Å². The smallest absolute Gasteiger partial charge is 0.263 e. The van der Waals surface area contributed by atoms with Gasteiger partial charge in [0.25, 0.3) is 5.56 Å². The van der Waals surface area contributed by atoms with E-state index >= 15 is 0 Å². The topological polar surface area (TPSA) is 82.2 Å². The van der Waals surface area contributed by atoms with Gasteiger partial charge in [-0.3, -0.25) is 14.8 Å². The lowest BCUT2D eigenvalue weighted by atomic mass is 9.90. The highest BCUT2D eigenvalue weighted by Gasteiger charge is 2.33. The summed E-state index contributed by atoms with van der Waals surface area (Å²) in [4.78, 5) is 18.8. The van der Waals surface area contributed by atoms with Crippen LogP contribution in [0.4, 0.5) is 5.95 Å². The van der Waals surface area contributed by atoms with E-state index in [2.05, 4.69) is 24.3 Å². The molecule has 0 spiro atoms. The highest BCUT2D eigenvalue weighted by Crippen LogP contribution is 2.38. The number of aromatic nitrogens is 2. The zero-order valence-corrected chi connectivity index (χ0v) is 12.6. The summed E-state index contributed by atoms with van der Waals surface area (Å²) < 4.78 is 7.38. The molecular weight excluding hydrogens is 276 g/mol. The molecule has 1 atom stereocenters. The van der Waals surface area contributed by atoms with E-state index in [1.807, 2.05) is 0 Å². The van der Waals surface area contributed by atoms with Crippen molar-refractivity contribution in [1.82, 2.24) is 9.55 Å². The van der Waals surface area contributed by atoms with Crippen molar-refractivity contribution in [3.63, 3.8) is 0 Å². The molecule has 0 saturated heterocycles. The molecule has 7 heteroatoms. The van der Waals surface area contributed by atoms with Gasteiger partial charge in [-0.2, -0.15) is 0 Å². The number of hydrogen-bond donors (Lipinski definition) is 2. The van der Waals surface area contributed by atoms with Crippen LogP contribution in [-0.2, 0) is 24.8 Å². The molecule has 6 nitrogen and oxygen atoms in total. The molecule has 108 valence electrons. The average molecular weight is 294 g/mol. The van der Waals surface area contributed by atoms with Gasteiger partial charge in [0.15, 0.2) is 0 Å². The summed E-state index contributed by atoms with van der Waals surface area (Å²) in [6.45, 7) is 4.74. The molecule has 0 saturated carbocycles. The first-order valence-corrected chi connectivity index (χ1v) is 7.42. The summed E-state index contributed by atoms with van der Waals surface area (Å²) in [6, 6.07) is 0. The van der Waals surface area contributed by atoms with Crippen molar-refractivity contribution >= 4 is 27.5 Å². The number of fused-ring (bicyclic) bond motifs is 3. The van der Waals surface area contributed by atoms with Crippen molar-refractivity contribution in [3.05, 3.63) is 20.8 Å². The van der Waals surface area contributed by atoms with Crippen LogP contribution in [0, 0.1) is 0 Å². The molecule has 3 rings (SSSR count). The minimum absolute atomic E-state index is 0.0548. The number of thiophene rings is 1. The minimum atomic E-state index is -0.198. The largest absolute Gasteiger partial charge is 0.369 e. The van der Waals surface area contributed by atoms with Crippen LogP contribution in [0.25, 0.3) is 10.2 Å². The zero-order valence-electron chi connectivity index (χ0n) is 11.8. The summed E-state index contributed by atoms with van der Waals surface area (Å²) in [5, 5.41) is 0.717. The highest BCUT2D eigenvalue weighted by molar-refractivity contribution is 7.18. The Bertz CT molecular complexity index is 736. The van der Waals surface area contributed by atoms with Crippen molar-refractivity contribution in [2.75, 3.05) is 5.43 Å². The monoisotopic (exact) mass is 294 g/mol. The van der Waals surface area contributed by atoms with Crippen molar-refractivity contribution in [3.8, 4) is 0 Å². The number of nitrogens with one attached hydrogen (secondary N) is 1. The molecular formula is C13H18N4O2S. The van der Waals surface area contributed by atoms with Gasteiger partial charge in [-0.1, -0.05) is 6.92 Å². The third-order valence-electron chi connectivity index (χ3n) is 4.10. The summed E-state index contributed by atoms with van der Waals surface area (Å²) in [5.74, 6) is 5.78. The number of rotatable bonds is 2. The summed E-state index contributed by atoms with van der Waals surface area (Å²) in [6.07, 6.45) is 1.67. The van der Waals surface area contributed by atoms with E-state index in [1.165, 1.54) is 15.9 Å². The van der Waals surface area contributed by atoms with Crippen LogP contribution in [0.5, 0.6) is 0 Å². The maximum absolute atomic E-state index is 12.5. The van der Waals surface area contributed by atoms with Crippen molar-refractivity contribution in [1.29, 1.82) is 0 Å². The van der Waals surface area contributed by atoms with Gasteiger partial charge in [-0.05, 0) is 18.9 Å². The molecule has 0 bridgehead atoms. The summed E-state index contributed by atoms with van der Waals surface area (Å²) >= 11 is 1.52. The molecule has 3 heterocycles. The number of hydrogen-bond acceptors (Lipinski definition) is 6. The van der Waals surface area contributed by atoms with E-state index in [1.54, 1.807) is 7.05 Å². The molecule has 0 aromatic carbocycles. The number of nitrogens with zero attached hydrogens (tertiary/aromatic N) is 2. The molecule has 3 N–H and O–H groups in total. The third-order valence-corrected chi connectivity index (χ3v) is 5.19. The molecule has 2 aromatic heterocycles. The normalized spacial score (nSPS) is 22.0. The second-order valence-corrected chi connectivity index (χ2v) is 6.48. The van der Waals surface area contributed by atoms with Crippen LogP contribution in [0.1, 0.15) is 30.7 Å². The number of ether oxygens (including phenoxy) is 1. The van der Waals surface area contributed by atoms with Crippen molar-refractivity contribution < 1.29 is 4.74 Å². The van der Waals surface area contributed by atoms with E-state index in [9.17, 15) is 4.79 Å². The first-order chi connectivity index (χ1) is 9.49. The Balaban J connectivity index is 2.27. The van der Waals surface area contributed by atoms with Crippen LogP contribution < -0.4 is 16.8 Å². The maximum Gasteiger partial charge on any atom is 0.263 e. The first kappa shape index (κ1) is 13.5. The van der Waals surface area contributed by atoms with Crippen molar-refractivity contribution in [2.45, 2.75) is 38.9 Å². The van der Waals surface area contributed by atoms with Gasteiger partial charge in [0.05, 0.1) is 17.6 Å². The van der Waals surface area contributed by atoms with Crippen molar-refractivity contribution in [2.24, 2.45) is 12.9 Å². The first-order valence-electron chi connectivity index (χ1n) is 6.61. The van der Waals surface area contributed by atoms with E-state index in [-0.39, 0.29) is 11.2 Å². The fourth-order valence-corrected chi connectivity index (χ4v) is 3.65. The van der Waals surface area contributed by atoms with Gasteiger partial charge >= 0.3 is 0 Å². The fourth-order valence-electron chi connectivity index (χ4n) is 2.56. The van der Waals surface area contributed by atoms with Crippen LogP contribution in [0.2, 0.25) is 0 Å². The molecule has 0 amide bonds. The Labute approximate surface area is 120 Å². The van der Waals surface area contributed by atoms with E-state index in [4.69, 9.17) is 10.6 Å². The highest BCUT2D eigenvalue weighted by atomic mass is 32.1. The van der Waals surface area contributed by atoms with Crippen LogP contribution >= 0.6 is 11.3 Å². The molecule has 0 radical (unpaired) electrons. The van der Waals surface area contributed by atoms with Gasteiger partial charge < -0.3 is 4.74 Å². The fraction of sp³-hybridized carbons (Fsp3) is 0.538. The predicted octanol–water partition coefficient (Wildman–Crippen LogP) is 1.52. The molecule has 20 heavy (non-hydrogen) atoms. The Hall–Kier alpha value is -1.44. The number of anilines is 1. The molecule has 0 aliphatic carbocycles. The SMILES string of the molecule is CC[C@]1(C)Cc2c(sc3nc(NN)n(C)c(=O)c23)CO1. The number of hydrazine groups is 1. The predicted molar refractivity (Wildman–Crippen MR) is 79.9 cm³/mol. The lowest BCUT2D eigenvalue weighted by molar-refractivity contribution is -0.0543. The van der Waals surface area contributed by atoms with Crippen LogP contribution in [0.15, 0.2) is 4.79 Å². The van der Waals surface area contributed by atoms with Gasteiger partial charge in [-0.25, -0.2) is 10.8 Å². The lowest BCUT2D eigenvalue weighted by Crippen LogP contribution is -2.34. The Morgan fingerprint density at radius 3 is 3.00 bits per heavy atom. The molecule has 0 unspecified atom stereocenters. The lowest BCUT2D eigenvalue weighted by Gasteiger charge is -2.32. The summed E-state index contributed by atoms with van der Waals surface area (Å²) in [7, 11) is 1.67. The van der Waals surface area contributed by atoms with Gasteiger partial charge in [-0.15, -0.1) is 11.3 Å². The quantitative estimate of drug-likeness (QED) is 0.648. The Morgan fingerprint density at radius 1 is 1.60 bits per heavy atom. The third kappa shape index (κ3) is 1.85. The van der Waals surface area contributed by atoms with Gasteiger partial charge in [0.2, 0.25) is 5.95 Å². The zero-order chi connectivity index (χ0) is 14.5. The number of nitrogen functional groups attached to an aromatic ring is 1. The second-order valence-electron chi connectivity index (χ2n) is 5.40. The van der Waals surface area contributed by atoms with Gasteiger partial charge in [0, 0.05) is 18.3 Å². The average Bonchev–Trinajstić information content (AvgIpc) is 2.80. The minimum Gasteiger partial charge on any atom is -0.369 e. The van der Waals surface area contributed by atoms with E-state index in [0.717, 1.165) is 33.5 Å². The standard InChI is InChI=1S/C13H18N4O2S/c1-4-13(2)5-7-8(6-19-13)20-10-9(7)11(18)17(3)12(15-10)16-14/h4-6,14H2,1-3H3,(H,15,16)/t13-/m1/s1. The maximum atomic E-state index is 12.5. The Morgan fingerprint density at radius 2 is 2.35 bits per heavy atom. The summed E-state index contributed by atoms with van der Waals surface area (Å²) in [5.41, 5.74) is 3.31. The molecule has 2 aromatic rings. The number of nitrogens with two attached hydrogens (primary N) is 1. The van der Waals surface area contributed by atoms with Gasteiger partial charge in [0.1, 0.15) is 4.83 Å². The molecule has 1 aliphatic rings. The Kier molecular flexibility index (Phi) is 3.07. The second kappa shape index (κ2) is 4.54. The molecule has 1 aliphatic heterocycles.